The molecule has 3 atom stereocenters. The van der Waals surface area contributed by atoms with Crippen LogP contribution in [0, 0.1) is 11.6 Å². The highest BCUT2D eigenvalue weighted by molar-refractivity contribution is 5.77. The summed E-state index contributed by atoms with van der Waals surface area (Å²) < 4.78 is 40.8. The molecule has 1 aromatic carbocycles. The number of aliphatic hydroxyl groups is 1. The zero-order valence-corrected chi connectivity index (χ0v) is 21.3. The van der Waals surface area contributed by atoms with E-state index in [1.54, 1.807) is 13.0 Å². The number of nitrogens with zero attached hydrogens (tertiary/aromatic N) is 3. The Hall–Kier alpha value is -2.66. The van der Waals surface area contributed by atoms with Gasteiger partial charge in [-0.1, -0.05) is 6.92 Å². The third kappa shape index (κ3) is 5.36. The summed E-state index contributed by atoms with van der Waals surface area (Å²) in [5.41, 5.74) is 7.01. The molecule has 2 fully saturated rings. The standard InChI is InChI=1S/C26H35F2N5O3/c1-5-17-13-21(29)23(31-15-25(2)24-26(34,36-25)8-10-35-24)32-22(17)30-14-18-19(27)11-16(12-20(18)28)7-6-9-33(3)4/h11-13,15,24,34H,5-10,14,29H2,1-4H3,(H,30,32)/b31-15+/t24-,25?,26-/m1/s1. The van der Waals surface area contributed by atoms with Gasteiger partial charge < -0.3 is 30.5 Å². The van der Waals surface area contributed by atoms with Crippen LogP contribution < -0.4 is 11.1 Å². The molecule has 4 N–H and O–H groups in total. The van der Waals surface area contributed by atoms with Crippen LogP contribution in [-0.2, 0) is 28.9 Å². The molecule has 0 bridgehead atoms. The van der Waals surface area contributed by atoms with E-state index in [-0.39, 0.29) is 17.9 Å². The van der Waals surface area contributed by atoms with Crippen LogP contribution in [0.25, 0.3) is 0 Å². The van der Waals surface area contributed by atoms with Gasteiger partial charge in [0.25, 0.3) is 0 Å². The van der Waals surface area contributed by atoms with Crippen LogP contribution in [0.4, 0.5) is 26.1 Å². The van der Waals surface area contributed by atoms with Crippen molar-refractivity contribution in [2.75, 3.05) is 38.3 Å². The molecule has 36 heavy (non-hydrogen) atoms. The Morgan fingerprint density at radius 1 is 1.31 bits per heavy atom. The number of aryl methyl sites for hydroxylation is 2. The molecule has 10 heteroatoms. The lowest BCUT2D eigenvalue weighted by Gasteiger charge is -2.51. The number of nitrogen functional groups attached to an aromatic ring is 1. The van der Waals surface area contributed by atoms with E-state index in [1.165, 1.54) is 18.3 Å². The van der Waals surface area contributed by atoms with Gasteiger partial charge >= 0.3 is 0 Å². The molecule has 4 rings (SSSR count). The van der Waals surface area contributed by atoms with Crippen molar-refractivity contribution in [3.05, 3.63) is 46.5 Å². The van der Waals surface area contributed by atoms with Gasteiger partial charge in [-0.05, 0) is 76.2 Å². The summed E-state index contributed by atoms with van der Waals surface area (Å²) in [4.78, 5) is 11.0. The van der Waals surface area contributed by atoms with Crippen LogP contribution in [-0.4, -0.2) is 65.9 Å². The highest BCUT2D eigenvalue weighted by atomic mass is 19.1. The van der Waals surface area contributed by atoms with Gasteiger partial charge in [0.15, 0.2) is 11.6 Å². The minimum atomic E-state index is -1.28. The van der Waals surface area contributed by atoms with Gasteiger partial charge in [0.05, 0.1) is 12.3 Å². The van der Waals surface area contributed by atoms with E-state index in [1.807, 2.05) is 25.9 Å². The lowest BCUT2D eigenvalue weighted by atomic mass is 9.85. The minimum Gasteiger partial charge on any atom is -0.396 e. The molecule has 1 aromatic heterocycles. The second-order valence-corrected chi connectivity index (χ2v) is 9.95. The Labute approximate surface area is 210 Å². The van der Waals surface area contributed by atoms with Crippen LogP contribution in [0.5, 0.6) is 0 Å². The topological polar surface area (TPSA) is 105 Å². The molecule has 196 valence electrons. The summed E-state index contributed by atoms with van der Waals surface area (Å²) in [5, 5.41) is 13.4. The molecule has 0 spiro atoms. The molecule has 2 aliphatic rings. The molecule has 1 unspecified atom stereocenters. The van der Waals surface area contributed by atoms with Gasteiger partial charge in [-0.25, -0.2) is 18.8 Å². The average Bonchev–Trinajstić information content (AvgIpc) is 3.13. The van der Waals surface area contributed by atoms with E-state index >= 15 is 0 Å². The SMILES string of the molecule is CCc1cc(N)c(/N=C/C2(C)O[C@]3(O)CCO[C@H]23)nc1NCc1c(F)cc(CCCN(C)C)cc1F. The molecular formula is C26H35F2N5O3. The normalized spacial score (nSPS) is 25.4. The fourth-order valence-corrected chi connectivity index (χ4v) is 4.79. The lowest BCUT2D eigenvalue weighted by molar-refractivity contribution is -0.375. The van der Waals surface area contributed by atoms with Gasteiger partial charge in [0, 0.05) is 24.7 Å². The Balaban J connectivity index is 1.48. The number of halogens is 2. The summed E-state index contributed by atoms with van der Waals surface area (Å²) in [6, 6.07) is 4.54. The number of ether oxygens (including phenoxy) is 2. The van der Waals surface area contributed by atoms with Crippen molar-refractivity contribution in [3.63, 3.8) is 0 Å². The van der Waals surface area contributed by atoms with Crippen molar-refractivity contribution in [1.82, 2.24) is 9.88 Å². The second kappa shape index (κ2) is 10.4. The molecular weight excluding hydrogens is 468 g/mol. The number of rotatable bonds is 10. The Morgan fingerprint density at radius 3 is 2.67 bits per heavy atom. The number of aromatic nitrogens is 1. The van der Waals surface area contributed by atoms with E-state index in [9.17, 15) is 13.9 Å². The minimum absolute atomic E-state index is 0.0508. The largest absolute Gasteiger partial charge is 0.396 e. The number of nitrogens with one attached hydrogen (secondary N) is 1. The first kappa shape index (κ1) is 26.4. The van der Waals surface area contributed by atoms with E-state index in [0.717, 1.165) is 18.5 Å². The molecule has 0 amide bonds. The maximum atomic E-state index is 14.8. The zero-order valence-electron chi connectivity index (χ0n) is 21.3. The van der Waals surface area contributed by atoms with Crippen LogP contribution in [0.3, 0.4) is 0 Å². The number of fused-ring (bicyclic) bond motifs is 1. The second-order valence-electron chi connectivity index (χ2n) is 9.95. The van der Waals surface area contributed by atoms with Crippen molar-refractivity contribution >= 4 is 23.5 Å². The van der Waals surface area contributed by atoms with Crippen LogP contribution in [0.2, 0.25) is 0 Å². The summed E-state index contributed by atoms with van der Waals surface area (Å²) in [6.07, 6.45) is 3.46. The van der Waals surface area contributed by atoms with Crippen molar-refractivity contribution in [2.45, 2.75) is 63.6 Å². The first-order valence-corrected chi connectivity index (χ1v) is 12.3. The van der Waals surface area contributed by atoms with Gasteiger partial charge in [0.1, 0.15) is 29.2 Å². The first-order valence-electron chi connectivity index (χ1n) is 12.3. The quantitative estimate of drug-likeness (QED) is 0.426. The number of pyridine rings is 1. The number of aliphatic imine (C=N–C) groups is 1. The summed E-state index contributed by atoms with van der Waals surface area (Å²) >= 11 is 0. The monoisotopic (exact) mass is 503 g/mol. The summed E-state index contributed by atoms with van der Waals surface area (Å²) in [6.45, 7) is 4.89. The van der Waals surface area contributed by atoms with E-state index in [0.29, 0.717) is 42.9 Å². The summed E-state index contributed by atoms with van der Waals surface area (Å²) in [5.74, 6) is -1.78. The maximum Gasteiger partial charge on any atom is 0.198 e. The number of hydrogen-bond acceptors (Lipinski definition) is 8. The molecule has 0 aliphatic carbocycles. The predicted octanol–water partition coefficient (Wildman–Crippen LogP) is 3.58. The molecule has 3 heterocycles. The van der Waals surface area contributed by atoms with Crippen molar-refractivity contribution in [3.8, 4) is 0 Å². The molecule has 0 radical (unpaired) electrons. The highest BCUT2D eigenvalue weighted by Gasteiger charge is 2.65. The van der Waals surface area contributed by atoms with Gasteiger partial charge in [-0.3, -0.25) is 0 Å². The van der Waals surface area contributed by atoms with Crippen molar-refractivity contribution in [1.29, 1.82) is 0 Å². The molecule has 2 aliphatic heterocycles. The lowest BCUT2D eigenvalue weighted by Crippen LogP contribution is -2.70. The van der Waals surface area contributed by atoms with E-state index < -0.39 is 29.1 Å². The fourth-order valence-electron chi connectivity index (χ4n) is 4.79. The Morgan fingerprint density at radius 2 is 2.03 bits per heavy atom. The average molecular weight is 504 g/mol. The van der Waals surface area contributed by atoms with Crippen LogP contribution in [0.1, 0.15) is 43.4 Å². The Kier molecular flexibility index (Phi) is 7.61. The molecule has 2 aromatic rings. The number of anilines is 2. The molecule has 2 saturated heterocycles. The summed E-state index contributed by atoms with van der Waals surface area (Å²) in [7, 11) is 3.93. The smallest absolute Gasteiger partial charge is 0.198 e. The van der Waals surface area contributed by atoms with E-state index in [4.69, 9.17) is 15.2 Å². The zero-order chi connectivity index (χ0) is 26.1. The maximum absolute atomic E-state index is 14.8. The van der Waals surface area contributed by atoms with Gasteiger partial charge in [-0.2, -0.15) is 0 Å². The van der Waals surface area contributed by atoms with Crippen LogP contribution >= 0.6 is 0 Å². The first-order chi connectivity index (χ1) is 17.0. The predicted molar refractivity (Wildman–Crippen MR) is 136 cm³/mol. The van der Waals surface area contributed by atoms with Crippen molar-refractivity contribution in [2.24, 2.45) is 4.99 Å². The highest BCUT2D eigenvalue weighted by Crippen LogP contribution is 2.47. The van der Waals surface area contributed by atoms with Crippen LogP contribution in [0.15, 0.2) is 23.2 Å². The van der Waals surface area contributed by atoms with Gasteiger partial charge in [0.2, 0.25) is 0 Å². The van der Waals surface area contributed by atoms with Crippen molar-refractivity contribution < 1.29 is 23.4 Å². The molecule has 8 nitrogen and oxygen atoms in total. The fraction of sp³-hybridized carbons (Fsp3) is 0.538. The Bertz CT molecular complexity index is 1120. The van der Waals surface area contributed by atoms with Gasteiger partial charge in [-0.15, -0.1) is 0 Å². The molecule has 0 saturated carbocycles. The third-order valence-corrected chi connectivity index (χ3v) is 6.71. The number of hydrogen-bond donors (Lipinski definition) is 3. The van der Waals surface area contributed by atoms with E-state index in [2.05, 4.69) is 15.3 Å². The number of benzene rings is 1. The number of nitrogens with two attached hydrogens (primary N) is 1. The third-order valence-electron chi connectivity index (χ3n) is 6.71.